The number of carbonyl (C=O) groups excluding carboxylic acids is 3. The number of benzene rings is 4. The minimum Gasteiger partial charge on any atom is -0.399 e. The number of rotatable bonds is 7. The van der Waals surface area contributed by atoms with Crippen LogP contribution in [0.1, 0.15) is 22.3 Å². The van der Waals surface area contributed by atoms with Crippen molar-refractivity contribution in [3.05, 3.63) is 120 Å². The Labute approximate surface area is 219 Å². The molecule has 0 aliphatic carbocycles. The van der Waals surface area contributed by atoms with Gasteiger partial charge in [-0.3, -0.25) is 14.4 Å². The zero-order valence-corrected chi connectivity index (χ0v) is 20.7. The van der Waals surface area contributed by atoms with Crippen molar-refractivity contribution in [1.82, 2.24) is 0 Å². The highest BCUT2D eigenvalue weighted by Gasteiger charge is 2.40. The van der Waals surface area contributed by atoms with Crippen LogP contribution in [0.25, 0.3) is 17.2 Å². The fourth-order valence-corrected chi connectivity index (χ4v) is 5.30. The van der Waals surface area contributed by atoms with E-state index in [4.69, 9.17) is 5.73 Å². The number of carbonyl (C=O) groups is 3. The number of thioether (sulfide) groups is 1. The number of nitrogens with zero attached hydrogens (tertiary/aromatic N) is 1. The smallest absolute Gasteiger partial charge is 0.247 e. The van der Waals surface area contributed by atoms with Crippen LogP contribution in [0.3, 0.4) is 0 Å². The van der Waals surface area contributed by atoms with Crippen LogP contribution in [-0.2, 0) is 9.59 Å². The molecule has 4 aromatic carbocycles. The number of hydrogen-bond donors (Lipinski definition) is 1. The zero-order chi connectivity index (χ0) is 25.8. The molecule has 0 radical (unpaired) electrons. The standard InChI is InChI=1S/C31H24N2O3S/c32-25-7-4-8-27(19-25)37-29-20-30(35)33(31(29)36)26-16-14-24(15-17-26)28(34)18-11-21-9-12-23(13-10-21)22-5-2-1-3-6-22/h1-19,29H,20,32H2/b18-11+. The van der Waals surface area contributed by atoms with E-state index in [0.717, 1.165) is 21.6 Å². The Balaban J connectivity index is 1.23. The van der Waals surface area contributed by atoms with Gasteiger partial charge in [0.15, 0.2) is 5.78 Å². The largest absolute Gasteiger partial charge is 0.399 e. The highest BCUT2D eigenvalue weighted by atomic mass is 32.2. The second kappa shape index (κ2) is 10.7. The molecule has 1 atom stereocenters. The average molecular weight is 505 g/mol. The molecular weight excluding hydrogens is 480 g/mol. The summed E-state index contributed by atoms with van der Waals surface area (Å²) in [5.41, 5.74) is 10.5. The fourth-order valence-electron chi connectivity index (χ4n) is 4.18. The van der Waals surface area contributed by atoms with Gasteiger partial charge in [-0.2, -0.15) is 0 Å². The molecule has 37 heavy (non-hydrogen) atoms. The van der Waals surface area contributed by atoms with E-state index in [2.05, 4.69) is 12.1 Å². The lowest BCUT2D eigenvalue weighted by Gasteiger charge is -2.15. The third-order valence-electron chi connectivity index (χ3n) is 6.10. The number of nitrogens with two attached hydrogens (primary N) is 1. The third kappa shape index (κ3) is 5.55. The Morgan fingerprint density at radius 3 is 2.24 bits per heavy atom. The summed E-state index contributed by atoms with van der Waals surface area (Å²) in [6, 6.07) is 31.9. The molecule has 5 nitrogen and oxygen atoms in total. The average Bonchev–Trinajstić information content (AvgIpc) is 3.20. The number of ketones is 1. The number of hydrogen-bond acceptors (Lipinski definition) is 5. The number of allylic oxidation sites excluding steroid dienone is 1. The van der Waals surface area contributed by atoms with Crippen molar-refractivity contribution < 1.29 is 14.4 Å². The molecule has 1 aliphatic rings. The quantitative estimate of drug-likeness (QED) is 0.139. The SMILES string of the molecule is Nc1cccc(SC2CC(=O)N(c3ccc(C(=O)/C=C/c4ccc(-c5ccccc5)cc4)cc3)C2=O)c1. The highest BCUT2D eigenvalue weighted by Crippen LogP contribution is 2.34. The van der Waals surface area contributed by atoms with Crippen molar-refractivity contribution in [2.24, 2.45) is 0 Å². The van der Waals surface area contributed by atoms with E-state index in [1.54, 1.807) is 42.5 Å². The minimum atomic E-state index is -0.508. The van der Waals surface area contributed by atoms with Crippen LogP contribution >= 0.6 is 11.8 Å². The van der Waals surface area contributed by atoms with Gasteiger partial charge in [-0.05, 0) is 65.2 Å². The van der Waals surface area contributed by atoms with E-state index in [1.165, 1.54) is 22.7 Å². The van der Waals surface area contributed by atoms with Crippen molar-refractivity contribution in [1.29, 1.82) is 0 Å². The van der Waals surface area contributed by atoms with E-state index in [9.17, 15) is 14.4 Å². The summed E-state index contributed by atoms with van der Waals surface area (Å²) in [5.74, 6) is -0.687. The number of imide groups is 1. The van der Waals surface area contributed by atoms with Crippen LogP contribution in [0.4, 0.5) is 11.4 Å². The second-order valence-electron chi connectivity index (χ2n) is 8.68. The van der Waals surface area contributed by atoms with Gasteiger partial charge in [0.05, 0.1) is 10.9 Å². The first kappa shape index (κ1) is 24.3. The molecule has 5 rings (SSSR count). The monoisotopic (exact) mass is 504 g/mol. The summed E-state index contributed by atoms with van der Waals surface area (Å²) in [6.45, 7) is 0. The molecule has 2 N–H and O–H groups in total. The van der Waals surface area contributed by atoms with Crippen LogP contribution in [0.5, 0.6) is 0 Å². The summed E-state index contributed by atoms with van der Waals surface area (Å²) < 4.78 is 0. The number of nitrogen functional groups attached to an aromatic ring is 1. The molecule has 0 bridgehead atoms. The normalized spacial score (nSPS) is 15.5. The van der Waals surface area contributed by atoms with Crippen LogP contribution < -0.4 is 10.6 Å². The molecule has 1 aliphatic heterocycles. The van der Waals surface area contributed by atoms with Gasteiger partial charge >= 0.3 is 0 Å². The van der Waals surface area contributed by atoms with Crippen molar-refractivity contribution in [2.45, 2.75) is 16.6 Å². The maximum atomic E-state index is 13.0. The topological polar surface area (TPSA) is 80.5 Å². The zero-order valence-electron chi connectivity index (χ0n) is 19.9. The molecule has 2 amide bonds. The van der Waals surface area contributed by atoms with Crippen molar-refractivity contribution >= 4 is 46.8 Å². The Hall–Kier alpha value is -4.42. The molecule has 0 aromatic heterocycles. The van der Waals surface area contributed by atoms with Crippen LogP contribution in [0, 0.1) is 0 Å². The van der Waals surface area contributed by atoms with Crippen LogP contribution in [-0.4, -0.2) is 22.8 Å². The van der Waals surface area contributed by atoms with E-state index >= 15 is 0 Å². The number of anilines is 2. The van der Waals surface area contributed by atoms with E-state index in [1.807, 2.05) is 54.6 Å². The second-order valence-corrected chi connectivity index (χ2v) is 9.96. The van der Waals surface area contributed by atoms with Gasteiger partial charge in [-0.25, -0.2) is 4.90 Å². The molecule has 182 valence electrons. The van der Waals surface area contributed by atoms with E-state index in [0.29, 0.717) is 16.9 Å². The van der Waals surface area contributed by atoms with Gasteiger partial charge in [0.1, 0.15) is 0 Å². The van der Waals surface area contributed by atoms with Crippen LogP contribution in [0.15, 0.2) is 114 Å². The van der Waals surface area contributed by atoms with Gasteiger partial charge < -0.3 is 5.73 Å². The minimum absolute atomic E-state index is 0.116. The molecular formula is C31H24N2O3S. The van der Waals surface area contributed by atoms with Gasteiger partial charge in [0.2, 0.25) is 11.8 Å². The van der Waals surface area contributed by atoms with Gasteiger partial charge in [0.25, 0.3) is 0 Å². The van der Waals surface area contributed by atoms with E-state index in [-0.39, 0.29) is 24.0 Å². The molecule has 0 saturated carbocycles. The molecule has 1 heterocycles. The number of amides is 2. The summed E-state index contributed by atoms with van der Waals surface area (Å²) >= 11 is 1.33. The maximum absolute atomic E-state index is 13.0. The third-order valence-corrected chi connectivity index (χ3v) is 7.28. The van der Waals surface area contributed by atoms with Crippen molar-refractivity contribution in [3.63, 3.8) is 0 Å². The maximum Gasteiger partial charge on any atom is 0.247 e. The fraction of sp³-hybridized carbons (Fsp3) is 0.0645. The molecule has 1 saturated heterocycles. The van der Waals surface area contributed by atoms with E-state index < -0.39 is 5.25 Å². The Bertz CT molecular complexity index is 1480. The summed E-state index contributed by atoms with van der Waals surface area (Å²) in [5, 5.41) is -0.508. The summed E-state index contributed by atoms with van der Waals surface area (Å²) in [7, 11) is 0. The first-order valence-electron chi connectivity index (χ1n) is 11.8. The van der Waals surface area contributed by atoms with Crippen LogP contribution in [0.2, 0.25) is 0 Å². The van der Waals surface area contributed by atoms with Crippen molar-refractivity contribution in [2.75, 3.05) is 10.6 Å². The molecule has 0 spiro atoms. The highest BCUT2D eigenvalue weighted by molar-refractivity contribution is 8.00. The Morgan fingerprint density at radius 2 is 1.54 bits per heavy atom. The lowest BCUT2D eigenvalue weighted by atomic mass is 10.0. The Morgan fingerprint density at radius 1 is 0.838 bits per heavy atom. The first-order chi connectivity index (χ1) is 18.0. The molecule has 6 heteroatoms. The van der Waals surface area contributed by atoms with Gasteiger partial charge in [-0.1, -0.05) is 66.7 Å². The molecule has 1 fully saturated rings. The lowest BCUT2D eigenvalue weighted by molar-refractivity contribution is -0.121. The van der Waals surface area contributed by atoms with Crippen molar-refractivity contribution in [3.8, 4) is 11.1 Å². The Kier molecular flexibility index (Phi) is 7.01. The summed E-state index contributed by atoms with van der Waals surface area (Å²) in [6.07, 6.45) is 3.42. The lowest BCUT2D eigenvalue weighted by Crippen LogP contribution is -2.31. The van der Waals surface area contributed by atoms with Gasteiger partial charge in [0, 0.05) is 22.6 Å². The predicted molar refractivity (Wildman–Crippen MR) is 149 cm³/mol. The van der Waals surface area contributed by atoms with Gasteiger partial charge in [-0.15, -0.1) is 11.8 Å². The first-order valence-corrected chi connectivity index (χ1v) is 12.7. The predicted octanol–water partition coefficient (Wildman–Crippen LogP) is 6.26. The summed E-state index contributed by atoms with van der Waals surface area (Å²) in [4.78, 5) is 40.3. The molecule has 4 aromatic rings. The molecule has 1 unspecified atom stereocenters.